The monoisotopic (exact) mass is 413 g/mol. The van der Waals surface area contributed by atoms with Crippen molar-refractivity contribution in [3.05, 3.63) is 23.8 Å². The van der Waals surface area contributed by atoms with Gasteiger partial charge in [0, 0.05) is 6.54 Å². The number of hydrogen-bond acceptors (Lipinski definition) is 6. The van der Waals surface area contributed by atoms with E-state index in [0.717, 1.165) is 5.56 Å². The molecule has 1 aromatic rings. The van der Waals surface area contributed by atoms with Gasteiger partial charge in [0.2, 0.25) is 0 Å². The van der Waals surface area contributed by atoms with Crippen molar-refractivity contribution in [2.75, 3.05) is 12.6 Å². The Morgan fingerprint density at radius 3 is 1.96 bits per heavy atom. The van der Waals surface area contributed by atoms with Crippen molar-refractivity contribution in [2.45, 2.75) is 48.0 Å². The largest absolute Gasteiger partial charge is 0.433 e. The van der Waals surface area contributed by atoms with Crippen LogP contribution in [0.1, 0.15) is 47.1 Å². The van der Waals surface area contributed by atoms with E-state index < -0.39 is 28.9 Å². The Morgan fingerprint density at radius 2 is 1.46 bits per heavy atom. The summed E-state index contributed by atoms with van der Waals surface area (Å²) in [7, 11) is 0. The average Bonchev–Trinajstić information content (AvgIpc) is 2.55. The second-order valence-electron chi connectivity index (χ2n) is 8.28. The second kappa shape index (κ2) is 9.78. The first-order valence-electron chi connectivity index (χ1n) is 8.88. The molecule has 0 saturated carbocycles. The minimum absolute atomic E-state index is 0.151. The van der Waals surface area contributed by atoms with Gasteiger partial charge >= 0.3 is 18.0 Å². The summed E-state index contributed by atoms with van der Waals surface area (Å²) in [6.07, 6.45) is -0.171. The summed E-state index contributed by atoms with van der Waals surface area (Å²) in [4.78, 5) is 35.8. The number of amides is 1. The van der Waals surface area contributed by atoms with Crippen LogP contribution >= 0.6 is 11.6 Å². The molecule has 28 heavy (non-hydrogen) atoms. The van der Waals surface area contributed by atoms with Crippen LogP contribution in [0.25, 0.3) is 0 Å². The SMILES string of the molecule is CC(C)(C)C(=O)Oc1ccc(CCNC(=O)OCCl)cc1OC(=O)C(C)(C)C. The lowest BCUT2D eigenvalue weighted by atomic mass is 9.97. The normalized spacial score (nSPS) is 11.5. The molecule has 0 heterocycles. The number of esters is 2. The molecule has 1 N–H and O–H groups in total. The molecule has 0 aromatic heterocycles. The zero-order chi connectivity index (χ0) is 21.5. The lowest BCUT2D eigenvalue weighted by Crippen LogP contribution is -2.28. The maximum absolute atomic E-state index is 12.3. The highest BCUT2D eigenvalue weighted by Crippen LogP contribution is 2.32. The van der Waals surface area contributed by atoms with E-state index in [0.29, 0.717) is 13.0 Å². The van der Waals surface area contributed by atoms with Gasteiger partial charge in [-0.2, -0.15) is 0 Å². The van der Waals surface area contributed by atoms with Gasteiger partial charge < -0.3 is 19.5 Å². The molecule has 0 atom stereocenters. The third-order valence-corrected chi connectivity index (χ3v) is 3.62. The Labute approximate surface area is 170 Å². The standard InChI is InChI=1S/C20H28ClNO6/c1-19(2,3)16(23)27-14-8-7-13(9-10-22-18(25)26-12-21)11-15(14)28-17(24)20(4,5)6/h7-8,11H,9-10,12H2,1-6H3,(H,22,25). The minimum Gasteiger partial charge on any atom is -0.433 e. The maximum Gasteiger partial charge on any atom is 0.408 e. The number of alkyl carbamates (subject to hydrolysis) is 1. The summed E-state index contributed by atoms with van der Waals surface area (Å²) in [5.41, 5.74) is -0.663. The summed E-state index contributed by atoms with van der Waals surface area (Å²) in [5.74, 6) is -0.588. The van der Waals surface area contributed by atoms with Gasteiger partial charge in [-0.3, -0.25) is 9.59 Å². The summed E-state index contributed by atoms with van der Waals surface area (Å²) < 4.78 is 15.5. The van der Waals surface area contributed by atoms with Crippen LogP contribution < -0.4 is 14.8 Å². The molecule has 1 amide bonds. The predicted octanol–water partition coefficient (Wildman–Crippen LogP) is 4.05. The number of benzene rings is 1. The van der Waals surface area contributed by atoms with E-state index in [1.807, 2.05) is 0 Å². The van der Waals surface area contributed by atoms with Gasteiger partial charge in [-0.25, -0.2) is 4.79 Å². The van der Waals surface area contributed by atoms with Crippen LogP contribution in [-0.2, 0) is 20.7 Å². The number of rotatable bonds is 6. The fraction of sp³-hybridized carbons (Fsp3) is 0.550. The molecule has 8 heteroatoms. The molecule has 0 bridgehead atoms. The smallest absolute Gasteiger partial charge is 0.408 e. The molecule has 0 fully saturated rings. The molecular weight excluding hydrogens is 386 g/mol. The number of hydrogen-bond donors (Lipinski definition) is 1. The van der Waals surface area contributed by atoms with Crippen LogP contribution in [0.2, 0.25) is 0 Å². The number of alkyl halides is 1. The molecule has 0 aliphatic rings. The van der Waals surface area contributed by atoms with Gasteiger partial charge in [-0.15, -0.1) is 0 Å². The Morgan fingerprint density at radius 1 is 0.929 bits per heavy atom. The van der Waals surface area contributed by atoms with Crippen molar-refractivity contribution in [2.24, 2.45) is 10.8 Å². The van der Waals surface area contributed by atoms with E-state index in [4.69, 9.17) is 21.1 Å². The Hall–Kier alpha value is -2.28. The van der Waals surface area contributed by atoms with Crippen molar-refractivity contribution in [3.8, 4) is 11.5 Å². The fourth-order valence-corrected chi connectivity index (χ4v) is 1.89. The van der Waals surface area contributed by atoms with Gasteiger partial charge in [-0.1, -0.05) is 17.7 Å². The first kappa shape index (κ1) is 23.8. The van der Waals surface area contributed by atoms with Crippen LogP contribution in [0.15, 0.2) is 18.2 Å². The quantitative estimate of drug-likeness (QED) is 0.429. The average molecular weight is 414 g/mol. The molecule has 0 spiro atoms. The van der Waals surface area contributed by atoms with Gasteiger partial charge in [0.25, 0.3) is 0 Å². The lowest BCUT2D eigenvalue weighted by molar-refractivity contribution is -0.145. The molecule has 1 rings (SSSR count). The van der Waals surface area contributed by atoms with Crippen LogP contribution in [-0.4, -0.2) is 30.6 Å². The van der Waals surface area contributed by atoms with Crippen LogP contribution in [0.5, 0.6) is 11.5 Å². The van der Waals surface area contributed by atoms with Crippen molar-refractivity contribution in [1.29, 1.82) is 0 Å². The third-order valence-electron chi connectivity index (χ3n) is 3.51. The molecule has 0 aliphatic heterocycles. The Kier molecular flexibility index (Phi) is 8.29. The molecule has 0 saturated heterocycles. The first-order valence-corrected chi connectivity index (χ1v) is 9.42. The van der Waals surface area contributed by atoms with E-state index in [9.17, 15) is 14.4 Å². The Bertz CT molecular complexity index is 718. The zero-order valence-electron chi connectivity index (χ0n) is 17.2. The van der Waals surface area contributed by atoms with Crippen molar-refractivity contribution in [3.63, 3.8) is 0 Å². The van der Waals surface area contributed by atoms with Gasteiger partial charge in [0.15, 0.2) is 17.6 Å². The summed E-state index contributed by atoms with van der Waals surface area (Å²) in [6.45, 7) is 10.7. The molecule has 7 nitrogen and oxygen atoms in total. The first-order chi connectivity index (χ1) is 12.8. The summed E-state index contributed by atoms with van der Waals surface area (Å²) in [6, 6.07) is 4.69. The number of halogens is 1. The molecule has 156 valence electrons. The highest BCUT2D eigenvalue weighted by Gasteiger charge is 2.28. The van der Waals surface area contributed by atoms with E-state index in [1.54, 1.807) is 59.7 Å². The van der Waals surface area contributed by atoms with E-state index in [2.05, 4.69) is 10.1 Å². The van der Waals surface area contributed by atoms with Crippen LogP contribution in [0.4, 0.5) is 4.79 Å². The van der Waals surface area contributed by atoms with Gasteiger partial charge in [-0.05, 0) is 65.7 Å². The Balaban J connectivity index is 3.01. The summed E-state index contributed by atoms with van der Waals surface area (Å²) >= 11 is 5.32. The van der Waals surface area contributed by atoms with Crippen molar-refractivity contribution < 1.29 is 28.6 Å². The number of ether oxygens (including phenoxy) is 3. The van der Waals surface area contributed by atoms with Crippen LogP contribution in [0, 0.1) is 10.8 Å². The van der Waals surface area contributed by atoms with E-state index in [-0.39, 0.29) is 17.6 Å². The zero-order valence-corrected chi connectivity index (χ0v) is 17.9. The fourth-order valence-electron chi connectivity index (χ4n) is 1.79. The number of carbonyl (C=O) groups excluding carboxylic acids is 3. The maximum atomic E-state index is 12.3. The van der Waals surface area contributed by atoms with Gasteiger partial charge in [0.05, 0.1) is 10.8 Å². The van der Waals surface area contributed by atoms with Gasteiger partial charge in [0.1, 0.15) is 0 Å². The molecule has 0 aliphatic carbocycles. The highest BCUT2D eigenvalue weighted by atomic mass is 35.5. The third kappa shape index (κ3) is 7.76. The van der Waals surface area contributed by atoms with Crippen molar-refractivity contribution >= 4 is 29.6 Å². The summed E-state index contributed by atoms with van der Waals surface area (Å²) in [5, 5.41) is 2.54. The van der Waals surface area contributed by atoms with Crippen molar-refractivity contribution in [1.82, 2.24) is 5.32 Å². The molecule has 0 unspecified atom stereocenters. The lowest BCUT2D eigenvalue weighted by Gasteiger charge is -2.20. The predicted molar refractivity (Wildman–Crippen MR) is 106 cm³/mol. The highest BCUT2D eigenvalue weighted by molar-refractivity contribution is 6.17. The van der Waals surface area contributed by atoms with Crippen LogP contribution in [0.3, 0.4) is 0 Å². The molecule has 1 aromatic carbocycles. The molecular formula is C20H28ClNO6. The second-order valence-corrected chi connectivity index (χ2v) is 8.50. The topological polar surface area (TPSA) is 90.9 Å². The molecule has 0 radical (unpaired) electrons. The minimum atomic E-state index is -0.728. The number of nitrogens with one attached hydrogen (secondary N) is 1. The van der Waals surface area contributed by atoms with E-state index >= 15 is 0 Å². The number of carbonyl (C=O) groups is 3. The van der Waals surface area contributed by atoms with E-state index in [1.165, 1.54) is 0 Å².